The van der Waals surface area contributed by atoms with Gasteiger partial charge in [0.15, 0.2) is 0 Å². The molecular weight excluding hydrogens is 320 g/mol. The standard InChI is InChI=1S/C19H24N2O2S/c1-13-17(15-4-6-16(23-3)7-5-15)10-18(24-13)19(22)21-9-8-14(12-21)11-20-2/h4-7,10,14,20H,8-9,11-12H2,1-3H3/t14-/m0/s1. The van der Waals surface area contributed by atoms with Crippen molar-refractivity contribution in [3.05, 3.63) is 40.1 Å². The van der Waals surface area contributed by atoms with E-state index in [9.17, 15) is 4.79 Å². The van der Waals surface area contributed by atoms with Crippen LogP contribution in [0.5, 0.6) is 5.75 Å². The number of nitrogens with one attached hydrogen (secondary N) is 1. The smallest absolute Gasteiger partial charge is 0.263 e. The molecule has 2 heterocycles. The Hall–Kier alpha value is -1.85. The Labute approximate surface area is 147 Å². The normalized spacial score (nSPS) is 17.3. The second-order valence-corrected chi connectivity index (χ2v) is 7.53. The summed E-state index contributed by atoms with van der Waals surface area (Å²) < 4.78 is 5.21. The van der Waals surface area contributed by atoms with Gasteiger partial charge >= 0.3 is 0 Å². The molecule has 0 radical (unpaired) electrons. The highest BCUT2D eigenvalue weighted by Gasteiger charge is 2.27. The molecule has 1 aliphatic heterocycles. The van der Waals surface area contributed by atoms with Crippen molar-refractivity contribution < 1.29 is 9.53 Å². The lowest BCUT2D eigenvalue weighted by molar-refractivity contribution is 0.0792. The number of carbonyl (C=O) groups excluding carboxylic acids is 1. The number of thiophene rings is 1. The molecule has 0 aliphatic carbocycles. The van der Waals surface area contributed by atoms with Crippen molar-refractivity contribution in [1.29, 1.82) is 0 Å². The van der Waals surface area contributed by atoms with Crippen molar-refractivity contribution in [3.8, 4) is 16.9 Å². The van der Waals surface area contributed by atoms with Gasteiger partial charge in [-0.15, -0.1) is 11.3 Å². The number of amides is 1. The first-order chi connectivity index (χ1) is 11.6. The second-order valence-electron chi connectivity index (χ2n) is 6.27. The highest BCUT2D eigenvalue weighted by atomic mass is 32.1. The average Bonchev–Trinajstić information content (AvgIpc) is 3.22. The zero-order valence-electron chi connectivity index (χ0n) is 14.5. The van der Waals surface area contributed by atoms with Crippen LogP contribution in [-0.4, -0.2) is 44.6 Å². The van der Waals surface area contributed by atoms with E-state index in [0.717, 1.165) is 47.8 Å². The number of nitrogens with zero attached hydrogens (tertiary/aromatic N) is 1. The summed E-state index contributed by atoms with van der Waals surface area (Å²) in [5.41, 5.74) is 2.26. The van der Waals surface area contributed by atoms with Gasteiger partial charge in [-0.1, -0.05) is 12.1 Å². The molecule has 0 saturated carbocycles. The van der Waals surface area contributed by atoms with E-state index in [1.807, 2.05) is 42.3 Å². The molecule has 0 bridgehead atoms. The van der Waals surface area contributed by atoms with Crippen LogP contribution in [0.4, 0.5) is 0 Å². The maximum absolute atomic E-state index is 12.8. The second kappa shape index (κ2) is 7.36. The van der Waals surface area contributed by atoms with Crippen LogP contribution in [0.25, 0.3) is 11.1 Å². The molecule has 1 saturated heterocycles. The van der Waals surface area contributed by atoms with Gasteiger partial charge in [0.2, 0.25) is 0 Å². The molecule has 1 N–H and O–H groups in total. The highest BCUT2D eigenvalue weighted by molar-refractivity contribution is 7.14. The number of benzene rings is 1. The molecule has 128 valence electrons. The van der Waals surface area contributed by atoms with Crippen LogP contribution in [0, 0.1) is 12.8 Å². The number of hydrogen-bond donors (Lipinski definition) is 1. The van der Waals surface area contributed by atoms with Gasteiger partial charge in [-0.2, -0.15) is 0 Å². The van der Waals surface area contributed by atoms with Gasteiger partial charge in [0.25, 0.3) is 5.91 Å². The predicted molar refractivity (Wildman–Crippen MR) is 99.0 cm³/mol. The Balaban J connectivity index is 1.77. The Morgan fingerprint density at radius 3 is 2.79 bits per heavy atom. The summed E-state index contributed by atoms with van der Waals surface area (Å²) in [6.07, 6.45) is 1.09. The van der Waals surface area contributed by atoms with Gasteiger partial charge in [0, 0.05) is 18.0 Å². The minimum atomic E-state index is 0.168. The molecule has 0 unspecified atom stereocenters. The first kappa shape index (κ1) is 17.0. The van der Waals surface area contributed by atoms with E-state index in [0.29, 0.717) is 5.92 Å². The topological polar surface area (TPSA) is 41.6 Å². The van der Waals surface area contributed by atoms with Crippen LogP contribution >= 0.6 is 11.3 Å². The van der Waals surface area contributed by atoms with Crippen molar-refractivity contribution in [2.75, 3.05) is 33.8 Å². The average molecular weight is 344 g/mol. The molecule has 4 nitrogen and oxygen atoms in total. The summed E-state index contributed by atoms with van der Waals surface area (Å²) >= 11 is 1.59. The molecule has 1 fully saturated rings. The van der Waals surface area contributed by atoms with Crippen molar-refractivity contribution in [2.24, 2.45) is 5.92 Å². The lowest BCUT2D eigenvalue weighted by Gasteiger charge is -2.15. The monoisotopic (exact) mass is 344 g/mol. The molecule has 1 aliphatic rings. The third-order valence-corrected chi connectivity index (χ3v) is 5.63. The molecule has 1 atom stereocenters. The van der Waals surface area contributed by atoms with Crippen LogP contribution in [0.2, 0.25) is 0 Å². The lowest BCUT2D eigenvalue weighted by Crippen LogP contribution is -2.29. The zero-order valence-corrected chi connectivity index (χ0v) is 15.3. The van der Waals surface area contributed by atoms with E-state index >= 15 is 0 Å². The molecule has 3 rings (SSSR count). The largest absolute Gasteiger partial charge is 0.497 e. The van der Waals surface area contributed by atoms with Gasteiger partial charge in [-0.25, -0.2) is 0 Å². The van der Waals surface area contributed by atoms with E-state index in [1.54, 1.807) is 18.4 Å². The van der Waals surface area contributed by atoms with Gasteiger partial charge in [0.1, 0.15) is 5.75 Å². The first-order valence-electron chi connectivity index (χ1n) is 8.31. The number of aryl methyl sites for hydroxylation is 1. The van der Waals surface area contributed by atoms with Gasteiger partial charge in [0.05, 0.1) is 12.0 Å². The van der Waals surface area contributed by atoms with Crippen LogP contribution in [0.15, 0.2) is 30.3 Å². The summed E-state index contributed by atoms with van der Waals surface area (Å²) in [5, 5.41) is 3.21. The summed E-state index contributed by atoms with van der Waals surface area (Å²) in [6.45, 7) is 4.77. The third kappa shape index (κ3) is 3.47. The minimum Gasteiger partial charge on any atom is -0.497 e. The summed E-state index contributed by atoms with van der Waals surface area (Å²) in [6, 6.07) is 10.0. The molecule has 0 spiro atoms. The zero-order chi connectivity index (χ0) is 17.1. The fraction of sp³-hybridized carbons (Fsp3) is 0.421. The van der Waals surface area contributed by atoms with Crippen molar-refractivity contribution >= 4 is 17.2 Å². The van der Waals surface area contributed by atoms with Crippen LogP contribution in [0.1, 0.15) is 21.0 Å². The fourth-order valence-corrected chi connectivity index (χ4v) is 4.28. The van der Waals surface area contributed by atoms with Crippen molar-refractivity contribution in [1.82, 2.24) is 10.2 Å². The van der Waals surface area contributed by atoms with Gasteiger partial charge in [-0.3, -0.25) is 4.79 Å². The third-order valence-electron chi connectivity index (χ3n) is 4.60. The van der Waals surface area contributed by atoms with Crippen LogP contribution in [-0.2, 0) is 0 Å². The molecular formula is C19H24N2O2S. The van der Waals surface area contributed by atoms with Crippen molar-refractivity contribution in [2.45, 2.75) is 13.3 Å². The molecule has 1 amide bonds. The fourth-order valence-electron chi connectivity index (χ4n) is 3.27. The Kier molecular flexibility index (Phi) is 5.21. The van der Waals surface area contributed by atoms with Crippen LogP contribution < -0.4 is 10.1 Å². The lowest BCUT2D eigenvalue weighted by atomic mass is 10.1. The van der Waals surface area contributed by atoms with Gasteiger partial charge < -0.3 is 15.0 Å². The summed E-state index contributed by atoms with van der Waals surface area (Å²) in [7, 11) is 3.63. The molecule has 5 heteroatoms. The molecule has 24 heavy (non-hydrogen) atoms. The summed E-state index contributed by atoms with van der Waals surface area (Å²) in [5.74, 6) is 1.58. The quantitative estimate of drug-likeness (QED) is 0.904. The number of rotatable bonds is 5. The number of methoxy groups -OCH3 is 1. The van der Waals surface area contributed by atoms with E-state index in [-0.39, 0.29) is 5.91 Å². The highest BCUT2D eigenvalue weighted by Crippen LogP contribution is 2.33. The number of ether oxygens (including phenoxy) is 1. The maximum Gasteiger partial charge on any atom is 0.263 e. The Bertz CT molecular complexity index is 709. The van der Waals surface area contributed by atoms with Gasteiger partial charge in [-0.05, 0) is 62.2 Å². The van der Waals surface area contributed by atoms with E-state index in [2.05, 4.69) is 12.2 Å². The maximum atomic E-state index is 12.8. The first-order valence-corrected chi connectivity index (χ1v) is 9.12. The number of carbonyl (C=O) groups is 1. The predicted octanol–water partition coefficient (Wildman–Crippen LogP) is 3.41. The van der Waals surface area contributed by atoms with Crippen LogP contribution in [0.3, 0.4) is 0 Å². The van der Waals surface area contributed by atoms with E-state index in [4.69, 9.17) is 4.74 Å². The minimum absolute atomic E-state index is 0.168. The molecule has 2 aromatic rings. The SMILES string of the molecule is CNC[C@@H]1CCN(C(=O)c2cc(-c3ccc(OC)cc3)c(C)s2)C1. The molecule has 1 aromatic carbocycles. The Morgan fingerprint density at radius 1 is 1.38 bits per heavy atom. The molecule has 1 aromatic heterocycles. The number of likely N-dealkylation sites (tertiary alicyclic amines) is 1. The van der Waals surface area contributed by atoms with E-state index < -0.39 is 0 Å². The van der Waals surface area contributed by atoms with E-state index in [1.165, 1.54) is 4.88 Å². The van der Waals surface area contributed by atoms with Crippen molar-refractivity contribution in [3.63, 3.8) is 0 Å². The Morgan fingerprint density at radius 2 is 2.12 bits per heavy atom. The summed E-state index contributed by atoms with van der Waals surface area (Å²) in [4.78, 5) is 16.8. The number of hydrogen-bond acceptors (Lipinski definition) is 4.